The molecule has 1 N–H and O–H groups in total. The van der Waals surface area contributed by atoms with E-state index in [4.69, 9.17) is 0 Å². The quantitative estimate of drug-likeness (QED) is 0.792. The second-order valence-electron chi connectivity index (χ2n) is 7.46. The van der Waals surface area contributed by atoms with Gasteiger partial charge < -0.3 is 9.88 Å². The van der Waals surface area contributed by atoms with Crippen molar-refractivity contribution in [3.05, 3.63) is 12.4 Å². The van der Waals surface area contributed by atoms with E-state index in [1.165, 1.54) is 32.1 Å². The third kappa shape index (κ3) is 4.00. The molecular formula is C17H31N3. The average Bonchev–Trinajstić information content (AvgIpc) is 2.96. The van der Waals surface area contributed by atoms with Crippen LogP contribution >= 0.6 is 0 Å². The monoisotopic (exact) mass is 277 g/mol. The molecule has 3 nitrogen and oxygen atoms in total. The zero-order valence-electron chi connectivity index (χ0n) is 13.7. The van der Waals surface area contributed by atoms with Crippen LogP contribution in [0.15, 0.2) is 12.4 Å². The Morgan fingerprint density at radius 1 is 1.20 bits per heavy atom. The topological polar surface area (TPSA) is 29.9 Å². The molecule has 0 saturated heterocycles. The van der Waals surface area contributed by atoms with E-state index in [0.717, 1.165) is 25.0 Å². The molecule has 1 saturated carbocycles. The zero-order valence-corrected chi connectivity index (χ0v) is 13.7. The molecule has 0 atom stereocenters. The average molecular weight is 277 g/mol. The Morgan fingerprint density at radius 3 is 2.50 bits per heavy atom. The van der Waals surface area contributed by atoms with Crippen molar-refractivity contribution in [2.24, 2.45) is 17.3 Å². The number of hydrogen-bond acceptors (Lipinski definition) is 2. The van der Waals surface area contributed by atoms with Gasteiger partial charge in [0.05, 0.1) is 0 Å². The van der Waals surface area contributed by atoms with Gasteiger partial charge in [0.25, 0.3) is 0 Å². The lowest BCUT2D eigenvalue weighted by Crippen LogP contribution is -2.26. The van der Waals surface area contributed by atoms with Gasteiger partial charge in [0.2, 0.25) is 5.95 Å². The van der Waals surface area contributed by atoms with Crippen molar-refractivity contribution in [2.75, 3.05) is 11.9 Å². The number of rotatable bonds is 7. The van der Waals surface area contributed by atoms with E-state index < -0.39 is 0 Å². The van der Waals surface area contributed by atoms with Gasteiger partial charge in [0.15, 0.2) is 0 Å². The molecule has 0 radical (unpaired) electrons. The summed E-state index contributed by atoms with van der Waals surface area (Å²) in [5.41, 5.74) is 0.503. The summed E-state index contributed by atoms with van der Waals surface area (Å²) in [5, 5.41) is 3.49. The Hall–Kier alpha value is -0.990. The Balaban J connectivity index is 2.05. The molecule has 1 heterocycles. The van der Waals surface area contributed by atoms with Gasteiger partial charge in [-0.05, 0) is 36.5 Å². The summed E-state index contributed by atoms with van der Waals surface area (Å²) < 4.78 is 2.34. The molecule has 2 rings (SSSR count). The fourth-order valence-electron chi connectivity index (χ4n) is 3.68. The van der Waals surface area contributed by atoms with Crippen LogP contribution in [-0.4, -0.2) is 16.1 Å². The van der Waals surface area contributed by atoms with E-state index in [1.54, 1.807) is 0 Å². The van der Waals surface area contributed by atoms with E-state index in [1.807, 2.05) is 6.20 Å². The lowest BCUT2D eigenvalue weighted by Gasteiger charge is -2.32. The molecule has 0 spiro atoms. The Bertz CT molecular complexity index is 400. The largest absolute Gasteiger partial charge is 0.355 e. The summed E-state index contributed by atoms with van der Waals surface area (Å²) in [5.74, 6) is 2.48. The lowest BCUT2D eigenvalue weighted by atomic mass is 9.78. The maximum Gasteiger partial charge on any atom is 0.202 e. The van der Waals surface area contributed by atoms with Gasteiger partial charge in [-0.2, -0.15) is 0 Å². The minimum absolute atomic E-state index is 0.503. The van der Waals surface area contributed by atoms with E-state index in [0.29, 0.717) is 11.3 Å². The summed E-state index contributed by atoms with van der Waals surface area (Å²) >= 11 is 0. The van der Waals surface area contributed by atoms with E-state index >= 15 is 0 Å². The predicted molar refractivity (Wildman–Crippen MR) is 85.9 cm³/mol. The molecule has 1 aromatic rings. The van der Waals surface area contributed by atoms with Gasteiger partial charge in [-0.1, -0.05) is 40.5 Å². The smallest absolute Gasteiger partial charge is 0.202 e. The molecule has 114 valence electrons. The van der Waals surface area contributed by atoms with Crippen molar-refractivity contribution in [2.45, 2.75) is 66.3 Å². The Kier molecular flexibility index (Phi) is 5.11. The first-order valence-corrected chi connectivity index (χ1v) is 8.26. The normalized spacial score (nSPS) is 18.1. The van der Waals surface area contributed by atoms with E-state index in [2.05, 4.69) is 48.8 Å². The number of nitrogens with zero attached hydrogens (tertiary/aromatic N) is 2. The molecule has 1 aliphatic rings. The molecule has 0 aromatic carbocycles. The third-order valence-electron chi connectivity index (χ3n) is 4.40. The SMILES string of the molecule is CC(C)CNc1nccn1CC1(CC(C)C)CCCC1. The summed E-state index contributed by atoms with van der Waals surface area (Å²) in [6, 6.07) is 0. The summed E-state index contributed by atoms with van der Waals surface area (Å²) in [6.45, 7) is 11.3. The number of nitrogens with one attached hydrogen (secondary N) is 1. The first-order chi connectivity index (χ1) is 9.51. The van der Waals surface area contributed by atoms with Crippen molar-refractivity contribution >= 4 is 5.95 Å². The van der Waals surface area contributed by atoms with Crippen LogP contribution in [0.25, 0.3) is 0 Å². The maximum absolute atomic E-state index is 4.49. The highest BCUT2D eigenvalue weighted by Crippen LogP contribution is 2.44. The molecule has 20 heavy (non-hydrogen) atoms. The molecule has 0 unspecified atom stereocenters. The predicted octanol–water partition coefficient (Wildman–Crippen LogP) is 4.56. The van der Waals surface area contributed by atoms with Crippen LogP contribution in [0, 0.1) is 17.3 Å². The Labute approximate surface area is 124 Å². The lowest BCUT2D eigenvalue weighted by molar-refractivity contribution is 0.198. The van der Waals surface area contributed by atoms with Crippen LogP contribution in [0.4, 0.5) is 5.95 Å². The fraction of sp³-hybridized carbons (Fsp3) is 0.824. The minimum Gasteiger partial charge on any atom is -0.355 e. The second kappa shape index (κ2) is 6.64. The maximum atomic E-state index is 4.49. The highest BCUT2D eigenvalue weighted by atomic mass is 15.2. The molecule has 0 bridgehead atoms. The Morgan fingerprint density at radius 2 is 1.90 bits per heavy atom. The van der Waals surface area contributed by atoms with Gasteiger partial charge in [0, 0.05) is 25.5 Å². The molecule has 0 amide bonds. The van der Waals surface area contributed by atoms with Gasteiger partial charge in [-0.3, -0.25) is 0 Å². The van der Waals surface area contributed by atoms with Crippen molar-refractivity contribution in [1.82, 2.24) is 9.55 Å². The van der Waals surface area contributed by atoms with Crippen LogP contribution in [0.2, 0.25) is 0 Å². The van der Waals surface area contributed by atoms with Gasteiger partial charge in [-0.15, -0.1) is 0 Å². The molecule has 1 aromatic heterocycles. The molecule has 1 aliphatic carbocycles. The number of hydrogen-bond donors (Lipinski definition) is 1. The van der Waals surface area contributed by atoms with Crippen molar-refractivity contribution < 1.29 is 0 Å². The second-order valence-corrected chi connectivity index (χ2v) is 7.46. The fourth-order valence-corrected chi connectivity index (χ4v) is 3.68. The van der Waals surface area contributed by atoms with E-state index in [-0.39, 0.29) is 0 Å². The van der Waals surface area contributed by atoms with Gasteiger partial charge in [-0.25, -0.2) is 4.98 Å². The summed E-state index contributed by atoms with van der Waals surface area (Å²) in [4.78, 5) is 4.49. The van der Waals surface area contributed by atoms with Crippen LogP contribution in [-0.2, 0) is 6.54 Å². The summed E-state index contributed by atoms with van der Waals surface area (Å²) in [6.07, 6.45) is 11.0. The van der Waals surface area contributed by atoms with Gasteiger partial charge in [0.1, 0.15) is 0 Å². The van der Waals surface area contributed by atoms with Crippen molar-refractivity contribution in [3.8, 4) is 0 Å². The van der Waals surface area contributed by atoms with Crippen LogP contribution in [0.5, 0.6) is 0 Å². The van der Waals surface area contributed by atoms with E-state index in [9.17, 15) is 0 Å². The third-order valence-corrected chi connectivity index (χ3v) is 4.40. The number of imidazole rings is 1. The molecular weight excluding hydrogens is 246 g/mol. The highest BCUT2D eigenvalue weighted by Gasteiger charge is 2.35. The molecule has 1 fully saturated rings. The molecule has 3 heteroatoms. The van der Waals surface area contributed by atoms with Crippen LogP contribution in [0.3, 0.4) is 0 Å². The van der Waals surface area contributed by atoms with Crippen LogP contribution < -0.4 is 5.32 Å². The molecule has 0 aliphatic heterocycles. The van der Waals surface area contributed by atoms with Gasteiger partial charge >= 0.3 is 0 Å². The first kappa shape index (κ1) is 15.4. The first-order valence-electron chi connectivity index (χ1n) is 8.26. The number of anilines is 1. The number of aromatic nitrogens is 2. The standard InChI is InChI=1S/C17H31N3/c1-14(2)11-17(7-5-6-8-17)13-20-10-9-18-16(20)19-12-15(3)4/h9-10,14-15H,5-8,11-13H2,1-4H3,(H,18,19). The zero-order chi connectivity index (χ0) is 14.6. The highest BCUT2D eigenvalue weighted by molar-refractivity contribution is 5.26. The van der Waals surface area contributed by atoms with Crippen molar-refractivity contribution in [1.29, 1.82) is 0 Å². The van der Waals surface area contributed by atoms with Crippen molar-refractivity contribution in [3.63, 3.8) is 0 Å². The summed E-state index contributed by atoms with van der Waals surface area (Å²) in [7, 11) is 0. The van der Waals surface area contributed by atoms with Crippen LogP contribution in [0.1, 0.15) is 59.8 Å². The minimum atomic E-state index is 0.503.